The number of nitrogens with zero attached hydrogens (tertiary/aromatic N) is 3. The van der Waals surface area contributed by atoms with Crippen molar-refractivity contribution < 1.29 is 8.42 Å². The minimum absolute atomic E-state index is 0.175. The number of nitriles is 1. The van der Waals surface area contributed by atoms with E-state index in [1.807, 2.05) is 19.9 Å². The zero-order valence-electron chi connectivity index (χ0n) is 17.3. The number of rotatable bonds is 7. The first-order valence-electron chi connectivity index (χ1n) is 9.19. The molecule has 1 aromatic carbocycles. The highest BCUT2D eigenvalue weighted by molar-refractivity contribution is 7.92. The third kappa shape index (κ3) is 6.21. The average molecular weight is 400 g/mol. The SMILES string of the molecule is C=Cc1ccc(S(=O)(=O)N(CC(C)C)c2ccc(C(C)C)cn2)cc1.CC#N. The lowest BCUT2D eigenvalue weighted by Crippen LogP contribution is -2.35. The normalized spacial score (nSPS) is 10.8. The van der Waals surface area contributed by atoms with Crippen LogP contribution in [-0.2, 0) is 10.0 Å². The van der Waals surface area contributed by atoms with Crippen LogP contribution in [0, 0.1) is 17.2 Å². The second kappa shape index (κ2) is 10.6. The van der Waals surface area contributed by atoms with E-state index in [2.05, 4.69) is 25.4 Å². The summed E-state index contributed by atoms with van der Waals surface area (Å²) in [5, 5.41) is 7.32. The van der Waals surface area contributed by atoms with E-state index in [1.165, 1.54) is 11.2 Å². The van der Waals surface area contributed by atoms with Crippen LogP contribution >= 0.6 is 0 Å². The number of sulfonamides is 1. The van der Waals surface area contributed by atoms with Crippen molar-refractivity contribution in [3.05, 3.63) is 60.3 Å². The molecule has 0 atom stereocenters. The molecular weight excluding hydrogens is 370 g/mol. The summed E-state index contributed by atoms with van der Waals surface area (Å²) in [5.74, 6) is 0.975. The molecule has 28 heavy (non-hydrogen) atoms. The summed E-state index contributed by atoms with van der Waals surface area (Å²) in [6.45, 7) is 13.7. The maximum absolute atomic E-state index is 13.1. The highest BCUT2D eigenvalue weighted by Crippen LogP contribution is 2.25. The molecule has 1 heterocycles. The zero-order valence-corrected chi connectivity index (χ0v) is 18.1. The number of pyridine rings is 1. The molecule has 2 rings (SSSR count). The van der Waals surface area contributed by atoms with Crippen molar-refractivity contribution in [3.8, 4) is 6.07 Å². The van der Waals surface area contributed by atoms with Gasteiger partial charge in [-0.1, -0.05) is 58.5 Å². The maximum Gasteiger partial charge on any atom is 0.265 e. The van der Waals surface area contributed by atoms with Gasteiger partial charge < -0.3 is 0 Å². The minimum Gasteiger partial charge on any atom is -0.250 e. The molecule has 0 aliphatic heterocycles. The molecule has 0 N–H and O–H groups in total. The molecule has 0 bridgehead atoms. The minimum atomic E-state index is -3.67. The lowest BCUT2D eigenvalue weighted by Gasteiger charge is -2.25. The van der Waals surface area contributed by atoms with Gasteiger partial charge in [0.05, 0.1) is 11.0 Å². The number of hydrogen-bond donors (Lipinski definition) is 0. The van der Waals surface area contributed by atoms with Gasteiger partial charge in [-0.25, -0.2) is 17.7 Å². The van der Waals surface area contributed by atoms with Crippen LogP contribution in [0.1, 0.15) is 51.7 Å². The van der Waals surface area contributed by atoms with E-state index in [0.717, 1.165) is 11.1 Å². The average Bonchev–Trinajstić information content (AvgIpc) is 2.66. The fraction of sp³-hybridized carbons (Fsp3) is 0.364. The van der Waals surface area contributed by atoms with Gasteiger partial charge in [0.25, 0.3) is 10.0 Å². The van der Waals surface area contributed by atoms with Crippen molar-refractivity contribution in [1.29, 1.82) is 5.26 Å². The van der Waals surface area contributed by atoms with E-state index >= 15 is 0 Å². The summed E-state index contributed by atoms with van der Waals surface area (Å²) in [6, 6.07) is 12.2. The van der Waals surface area contributed by atoms with Crippen LogP contribution in [0.15, 0.2) is 54.1 Å². The number of hydrogen-bond acceptors (Lipinski definition) is 4. The van der Waals surface area contributed by atoms with Crippen LogP contribution in [0.3, 0.4) is 0 Å². The fourth-order valence-electron chi connectivity index (χ4n) is 2.44. The molecule has 0 saturated carbocycles. The van der Waals surface area contributed by atoms with Crippen molar-refractivity contribution >= 4 is 21.9 Å². The summed E-state index contributed by atoms with van der Waals surface area (Å²) < 4.78 is 27.7. The van der Waals surface area contributed by atoms with Gasteiger partial charge in [-0.05, 0) is 41.2 Å². The molecule has 5 nitrogen and oxygen atoms in total. The number of aromatic nitrogens is 1. The van der Waals surface area contributed by atoms with Crippen LogP contribution in [-0.4, -0.2) is 19.9 Å². The molecule has 6 heteroatoms. The Morgan fingerprint density at radius 3 is 2.11 bits per heavy atom. The highest BCUT2D eigenvalue weighted by atomic mass is 32.2. The largest absolute Gasteiger partial charge is 0.265 e. The molecule has 0 aliphatic carbocycles. The zero-order chi connectivity index (χ0) is 21.3. The van der Waals surface area contributed by atoms with E-state index in [4.69, 9.17) is 5.26 Å². The predicted molar refractivity (Wildman–Crippen MR) is 116 cm³/mol. The van der Waals surface area contributed by atoms with Crippen LogP contribution < -0.4 is 4.31 Å². The molecule has 0 spiro atoms. The van der Waals surface area contributed by atoms with Crippen molar-refractivity contribution in [3.63, 3.8) is 0 Å². The fourth-order valence-corrected chi connectivity index (χ4v) is 4.02. The van der Waals surface area contributed by atoms with Crippen LogP contribution in [0.25, 0.3) is 6.08 Å². The van der Waals surface area contributed by atoms with E-state index in [0.29, 0.717) is 18.3 Å². The molecule has 0 fully saturated rings. The second-order valence-electron chi connectivity index (χ2n) is 7.03. The lowest BCUT2D eigenvalue weighted by atomic mass is 10.1. The Morgan fingerprint density at radius 2 is 1.71 bits per heavy atom. The first kappa shape index (κ1) is 23.4. The Balaban J connectivity index is 0.00000122. The Morgan fingerprint density at radius 1 is 1.14 bits per heavy atom. The van der Waals surface area contributed by atoms with Gasteiger partial charge in [-0.15, -0.1) is 0 Å². The smallest absolute Gasteiger partial charge is 0.250 e. The molecule has 0 saturated heterocycles. The van der Waals surface area contributed by atoms with Crippen molar-refractivity contribution in [2.45, 2.75) is 45.4 Å². The van der Waals surface area contributed by atoms with Crippen molar-refractivity contribution in [2.24, 2.45) is 5.92 Å². The predicted octanol–water partition coefficient (Wildman–Crippen LogP) is 5.23. The Bertz CT molecular complexity index is 894. The molecule has 0 amide bonds. The van der Waals surface area contributed by atoms with Crippen molar-refractivity contribution in [2.75, 3.05) is 10.8 Å². The van der Waals surface area contributed by atoms with E-state index in [9.17, 15) is 8.42 Å². The standard InChI is InChI=1S/C20H26N2O2S.C2H3N/c1-6-17-7-10-19(11-8-17)25(23,24)22(14-15(2)3)20-12-9-18(13-21-20)16(4)5;1-2-3/h6-13,15-16H,1,14H2,2-5H3;1H3. The van der Waals surface area contributed by atoms with Gasteiger partial charge in [0.1, 0.15) is 5.82 Å². The summed E-state index contributed by atoms with van der Waals surface area (Å²) in [4.78, 5) is 4.67. The van der Waals surface area contributed by atoms with Gasteiger partial charge in [0.2, 0.25) is 0 Å². The van der Waals surface area contributed by atoms with Crippen LogP contribution in [0.2, 0.25) is 0 Å². The van der Waals surface area contributed by atoms with Gasteiger partial charge in [-0.2, -0.15) is 5.26 Å². The third-order valence-corrected chi connectivity index (χ3v) is 5.71. The summed E-state index contributed by atoms with van der Waals surface area (Å²) in [6.07, 6.45) is 3.44. The van der Waals surface area contributed by atoms with Gasteiger partial charge in [-0.3, -0.25) is 0 Å². The van der Waals surface area contributed by atoms with Crippen LogP contribution in [0.4, 0.5) is 5.82 Å². The molecule has 2 aromatic rings. The summed E-state index contributed by atoms with van der Waals surface area (Å²) in [5.41, 5.74) is 1.97. The monoisotopic (exact) mass is 399 g/mol. The maximum atomic E-state index is 13.1. The van der Waals surface area contributed by atoms with E-state index in [-0.39, 0.29) is 10.8 Å². The van der Waals surface area contributed by atoms with E-state index in [1.54, 1.807) is 48.7 Å². The third-order valence-electron chi connectivity index (χ3n) is 3.93. The second-order valence-corrected chi connectivity index (χ2v) is 8.89. The summed E-state index contributed by atoms with van der Waals surface area (Å²) >= 11 is 0. The molecule has 0 unspecified atom stereocenters. The Hall–Kier alpha value is -2.65. The molecule has 1 aromatic heterocycles. The topological polar surface area (TPSA) is 74.1 Å². The van der Waals surface area contributed by atoms with Crippen LogP contribution in [0.5, 0.6) is 0 Å². The number of anilines is 1. The molecule has 0 radical (unpaired) electrons. The van der Waals surface area contributed by atoms with Gasteiger partial charge in [0, 0.05) is 19.7 Å². The lowest BCUT2D eigenvalue weighted by molar-refractivity contribution is 0.576. The first-order valence-corrected chi connectivity index (χ1v) is 10.6. The first-order chi connectivity index (χ1) is 13.2. The highest BCUT2D eigenvalue weighted by Gasteiger charge is 2.26. The summed E-state index contributed by atoms with van der Waals surface area (Å²) in [7, 11) is -3.67. The molecular formula is C22H29N3O2S. The number of benzene rings is 1. The van der Waals surface area contributed by atoms with E-state index < -0.39 is 10.0 Å². The molecule has 150 valence electrons. The van der Waals surface area contributed by atoms with Gasteiger partial charge in [0.15, 0.2) is 0 Å². The van der Waals surface area contributed by atoms with Gasteiger partial charge >= 0.3 is 0 Å². The Kier molecular flexibility index (Phi) is 8.87. The van der Waals surface area contributed by atoms with Crippen molar-refractivity contribution in [1.82, 2.24) is 4.98 Å². The molecule has 0 aliphatic rings. The Labute approximate surface area is 169 Å². The quantitative estimate of drug-likeness (QED) is 0.639.